The molecular formula is C16H27NO3. The number of amides is 1. The number of rotatable bonds is 8. The fourth-order valence-electron chi connectivity index (χ4n) is 2.02. The predicted octanol–water partition coefficient (Wildman–Crippen LogP) is 2.81. The number of unbranched alkanes of at least 4 members (excludes halogenated alkanes) is 2. The van der Waals surface area contributed by atoms with E-state index < -0.39 is 0 Å². The van der Waals surface area contributed by atoms with Crippen LogP contribution in [0.1, 0.15) is 39.5 Å². The summed E-state index contributed by atoms with van der Waals surface area (Å²) in [6, 6.07) is 0. The van der Waals surface area contributed by atoms with Gasteiger partial charge in [0, 0.05) is 18.0 Å². The first-order valence-electron chi connectivity index (χ1n) is 7.49. The Morgan fingerprint density at radius 2 is 2.00 bits per heavy atom. The van der Waals surface area contributed by atoms with Crippen LogP contribution in [0.2, 0.25) is 0 Å². The molecule has 20 heavy (non-hydrogen) atoms. The van der Waals surface area contributed by atoms with Crippen molar-refractivity contribution >= 4 is 5.91 Å². The number of hydrogen-bond donors (Lipinski definition) is 1. The van der Waals surface area contributed by atoms with E-state index in [4.69, 9.17) is 9.47 Å². The maximum Gasteiger partial charge on any atom is 0.243 e. The average molecular weight is 281 g/mol. The number of hydrogen-bond acceptors (Lipinski definition) is 3. The lowest BCUT2D eigenvalue weighted by atomic mass is 9.86. The predicted molar refractivity (Wildman–Crippen MR) is 80.3 cm³/mol. The highest BCUT2D eigenvalue weighted by Gasteiger charge is 2.32. The van der Waals surface area contributed by atoms with Crippen molar-refractivity contribution in [1.82, 2.24) is 5.32 Å². The van der Waals surface area contributed by atoms with Crippen molar-refractivity contribution in [3.8, 4) is 0 Å². The topological polar surface area (TPSA) is 47.6 Å². The highest BCUT2D eigenvalue weighted by molar-refractivity contribution is 5.87. The zero-order valence-electron chi connectivity index (χ0n) is 12.7. The van der Waals surface area contributed by atoms with E-state index in [0.717, 1.165) is 12.8 Å². The highest BCUT2D eigenvalue weighted by atomic mass is 16.7. The van der Waals surface area contributed by atoms with Gasteiger partial charge in [0.05, 0.1) is 13.2 Å². The molecule has 1 aliphatic heterocycles. The Kier molecular flexibility index (Phi) is 8.23. The number of carbonyl (C=O) groups is 1. The highest BCUT2D eigenvalue weighted by Crippen LogP contribution is 2.25. The molecule has 0 saturated carbocycles. The summed E-state index contributed by atoms with van der Waals surface area (Å²) in [4.78, 5) is 11.7. The van der Waals surface area contributed by atoms with E-state index in [-0.39, 0.29) is 11.3 Å². The van der Waals surface area contributed by atoms with E-state index in [9.17, 15) is 4.79 Å². The van der Waals surface area contributed by atoms with E-state index in [0.29, 0.717) is 26.6 Å². The van der Waals surface area contributed by atoms with Crippen molar-refractivity contribution in [2.24, 2.45) is 5.41 Å². The van der Waals surface area contributed by atoms with Crippen molar-refractivity contribution in [3.05, 3.63) is 24.3 Å². The van der Waals surface area contributed by atoms with Crippen LogP contribution in [0.25, 0.3) is 0 Å². The zero-order valence-corrected chi connectivity index (χ0v) is 12.7. The Balaban J connectivity index is 2.27. The summed E-state index contributed by atoms with van der Waals surface area (Å²) in [5, 5.41) is 2.93. The van der Waals surface area contributed by atoms with Gasteiger partial charge < -0.3 is 14.8 Å². The van der Waals surface area contributed by atoms with Crippen molar-refractivity contribution < 1.29 is 14.3 Å². The lowest BCUT2D eigenvalue weighted by Gasteiger charge is -2.35. The van der Waals surface area contributed by atoms with Gasteiger partial charge in [0.1, 0.15) is 6.79 Å². The number of ether oxygens (including phenoxy) is 2. The van der Waals surface area contributed by atoms with Crippen LogP contribution in [0, 0.1) is 5.41 Å². The first-order chi connectivity index (χ1) is 9.72. The molecule has 1 fully saturated rings. The smallest absolute Gasteiger partial charge is 0.243 e. The van der Waals surface area contributed by atoms with Crippen LogP contribution in [0.15, 0.2) is 24.3 Å². The fourth-order valence-corrected chi connectivity index (χ4v) is 2.02. The van der Waals surface area contributed by atoms with E-state index in [1.807, 2.05) is 6.08 Å². The summed E-state index contributed by atoms with van der Waals surface area (Å²) in [6.07, 6.45) is 11.7. The van der Waals surface area contributed by atoms with Crippen molar-refractivity contribution in [3.63, 3.8) is 0 Å². The molecule has 4 heteroatoms. The van der Waals surface area contributed by atoms with Crippen LogP contribution < -0.4 is 5.32 Å². The number of allylic oxidation sites excluding steroid dienone is 3. The third-order valence-electron chi connectivity index (χ3n) is 3.59. The van der Waals surface area contributed by atoms with Gasteiger partial charge in [-0.05, 0) is 12.8 Å². The Morgan fingerprint density at radius 1 is 1.25 bits per heavy atom. The largest absolute Gasteiger partial charge is 0.355 e. The molecule has 0 bridgehead atoms. The monoisotopic (exact) mass is 281 g/mol. The summed E-state index contributed by atoms with van der Waals surface area (Å²) in [7, 11) is 0. The maximum absolute atomic E-state index is 11.7. The molecule has 1 N–H and O–H groups in total. The molecule has 0 atom stereocenters. The molecule has 1 heterocycles. The van der Waals surface area contributed by atoms with Crippen LogP contribution in [0.3, 0.4) is 0 Å². The van der Waals surface area contributed by atoms with Gasteiger partial charge in [-0.2, -0.15) is 0 Å². The lowest BCUT2D eigenvalue weighted by molar-refractivity contribution is -0.164. The zero-order chi connectivity index (χ0) is 14.7. The normalized spacial score (nSPS) is 18.7. The Morgan fingerprint density at radius 3 is 2.65 bits per heavy atom. The molecule has 4 nitrogen and oxygen atoms in total. The summed E-state index contributed by atoms with van der Waals surface area (Å²) < 4.78 is 10.7. The molecule has 0 radical (unpaired) electrons. The van der Waals surface area contributed by atoms with E-state index >= 15 is 0 Å². The maximum atomic E-state index is 11.7. The molecule has 0 aromatic rings. The summed E-state index contributed by atoms with van der Waals surface area (Å²) in [5.41, 5.74) is -0.0846. The number of carbonyl (C=O) groups excluding carboxylic acids is 1. The van der Waals surface area contributed by atoms with Crippen molar-refractivity contribution in [2.75, 3.05) is 26.6 Å². The van der Waals surface area contributed by atoms with Gasteiger partial charge in [-0.15, -0.1) is 0 Å². The van der Waals surface area contributed by atoms with E-state index in [2.05, 4.69) is 25.2 Å². The molecule has 1 aliphatic rings. The molecule has 0 unspecified atom stereocenters. The van der Waals surface area contributed by atoms with Crippen LogP contribution in [-0.2, 0) is 14.3 Å². The minimum absolute atomic E-state index is 0.0662. The minimum atomic E-state index is -0.0846. The number of nitrogens with one attached hydrogen (secondary N) is 1. The first-order valence-corrected chi connectivity index (χ1v) is 7.49. The molecule has 1 saturated heterocycles. The fraction of sp³-hybridized carbons (Fsp3) is 0.688. The first kappa shape index (κ1) is 16.9. The standard InChI is InChI=1S/C16H27NO3/c1-3-5-6-7-8-9-10-15(18)17-11-16(4-2)12-19-14-20-13-16/h7-10H,3-6,11-14H2,1-2H3,(H,17,18)/b8-7+,10-9+. The van der Waals surface area contributed by atoms with Crippen LogP contribution in [-0.4, -0.2) is 32.5 Å². The molecule has 0 aromatic carbocycles. The van der Waals surface area contributed by atoms with Gasteiger partial charge in [0.15, 0.2) is 0 Å². The molecule has 0 aromatic heterocycles. The summed E-state index contributed by atoms with van der Waals surface area (Å²) >= 11 is 0. The van der Waals surface area contributed by atoms with Gasteiger partial charge in [-0.25, -0.2) is 0 Å². The second kappa shape index (κ2) is 9.72. The van der Waals surface area contributed by atoms with Gasteiger partial charge in [-0.1, -0.05) is 44.9 Å². The Bertz CT molecular complexity index is 331. The van der Waals surface area contributed by atoms with Crippen LogP contribution in [0.5, 0.6) is 0 Å². The van der Waals surface area contributed by atoms with E-state index in [1.54, 1.807) is 12.2 Å². The van der Waals surface area contributed by atoms with Crippen molar-refractivity contribution in [2.45, 2.75) is 39.5 Å². The average Bonchev–Trinajstić information content (AvgIpc) is 2.49. The van der Waals surface area contributed by atoms with Gasteiger partial charge >= 0.3 is 0 Å². The third-order valence-corrected chi connectivity index (χ3v) is 3.59. The Labute approximate surface area is 122 Å². The van der Waals surface area contributed by atoms with Crippen LogP contribution >= 0.6 is 0 Å². The second-order valence-electron chi connectivity index (χ2n) is 5.32. The van der Waals surface area contributed by atoms with E-state index in [1.165, 1.54) is 12.8 Å². The van der Waals surface area contributed by atoms with Gasteiger partial charge in [0.25, 0.3) is 0 Å². The molecule has 1 rings (SSSR count). The molecule has 0 spiro atoms. The molecule has 1 amide bonds. The van der Waals surface area contributed by atoms with Crippen LogP contribution in [0.4, 0.5) is 0 Å². The summed E-state index contributed by atoms with van der Waals surface area (Å²) in [5.74, 6) is -0.0662. The van der Waals surface area contributed by atoms with Crippen molar-refractivity contribution in [1.29, 1.82) is 0 Å². The summed E-state index contributed by atoms with van der Waals surface area (Å²) in [6.45, 7) is 6.50. The quantitative estimate of drug-likeness (QED) is 0.423. The Hall–Kier alpha value is -1.13. The van der Waals surface area contributed by atoms with Gasteiger partial charge in [-0.3, -0.25) is 4.79 Å². The SMILES string of the molecule is CCCC/C=C/C=C/C(=O)NCC1(CC)COCOC1. The minimum Gasteiger partial charge on any atom is -0.355 e. The molecule has 0 aliphatic carbocycles. The second-order valence-corrected chi connectivity index (χ2v) is 5.32. The lowest BCUT2D eigenvalue weighted by Crippen LogP contribution is -2.46. The molecular weight excluding hydrogens is 254 g/mol. The molecule has 114 valence electrons. The third kappa shape index (κ3) is 6.35. The van der Waals surface area contributed by atoms with Gasteiger partial charge in [0.2, 0.25) is 5.91 Å².